The van der Waals surface area contributed by atoms with Crippen LogP contribution in [0, 0.1) is 0 Å². The molecule has 0 bridgehead atoms. The number of carbonyl (C=O) groups excluding carboxylic acids is 2. The number of aromatic nitrogens is 1. The van der Waals surface area contributed by atoms with E-state index in [9.17, 15) is 22.4 Å². The van der Waals surface area contributed by atoms with Crippen molar-refractivity contribution in [2.45, 2.75) is 43.5 Å². The molecule has 164 valence electrons. The van der Waals surface area contributed by atoms with E-state index >= 15 is 0 Å². The molecule has 9 nitrogen and oxygen atoms in total. The van der Waals surface area contributed by atoms with Gasteiger partial charge in [-0.3, -0.25) is 9.59 Å². The second-order valence-corrected chi connectivity index (χ2v) is 10.6. The number of nitrogens with one attached hydrogen (secondary N) is 2. The summed E-state index contributed by atoms with van der Waals surface area (Å²) in [5.41, 5.74) is 1.90. The number of rotatable bonds is 5. The SMILES string of the molecule is CNS(=O)(=O)c1ccc(C(=O)N[C@@H]2CN(C(=O)c3scnc3C(C)(C)C)C[C@@H]2F)o1. The normalized spacial score (nSPS) is 19.8. The van der Waals surface area contributed by atoms with Crippen molar-refractivity contribution in [3.05, 3.63) is 34.0 Å². The second-order valence-electron chi connectivity index (χ2n) is 7.91. The van der Waals surface area contributed by atoms with Crippen LogP contribution < -0.4 is 10.0 Å². The molecule has 0 radical (unpaired) electrons. The molecule has 2 atom stereocenters. The molecule has 12 heteroatoms. The highest BCUT2D eigenvalue weighted by molar-refractivity contribution is 7.89. The monoisotopic (exact) mass is 458 g/mol. The number of amides is 2. The minimum absolute atomic E-state index is 0.0183. The van der Waals surface area contributed by atoms with Crippen molar-refractivity contribution < 1.29 is 26.8 Å². The molecule has 3 heterocycles. The maximum atomic E-state index is 14.5. The summed E-state index contributed by atoms with van der Waals surface area (Å²) in [6, 6.07) is 1.38. The van der Waals surface area contributed by atoms with Crippen molar-refractivity contribution in [3.63, 3.8) is 0 Å². The lowest BCUT2D eigenvalue weighted by Crippen LogP contribution is -2.41. The molecule has 1 aliphatic rings. The van der Waals surface area contributed by atoms with Crippen LogP contribution in [0.2, 0.25) is 0 Å². The van der Waals surface area contributed by atoms with Crippen LogP contribution in [0.15, 0.2) is 27.2 Å². The fourth-order valence-electron chi connectivity index (χ4n) is 3.07. The Balaban J connectivity index is 1.69. The number of furan rings is 1. The first kappa shape index (κ1) is 22.4. The smallest absolute Gasteiger partial charge is 0.287 e. The predicted molar refractivity (Wildman–Crippen MR) is 108 cm³/mol. The molecule has 0 aliphatic carbocycles. The fourth-order valence-corrected chi connectivity index (χ4v) is 4.68. The predicted octanol–water partition coefficient (Wildman–Crippen LogP) is 1.53. The molecule has 0 spiro atoms. The second kappa shape index (κ2) is 8.08. The number of sulfonamides is 1. The molecule has 1 aliphatic heterocycles. The minimum atomic E-state index is -3.84. The van der Waals surface area contributed by atoms with Gasteiger partial charge in [0.2, 0.25) is 5.09 Å². The number of nitrogens with zero attached hydrogens (tertiary/aromatic N) is 2. The Kier molecular flexibility index (Phi) is 6.03. The lowest BCUT2D eigenvalue weighted by molar-refractivity contribution is 0.0779. The zero-order valence-corrected chi connectivity index (χ0v) is 18.6. The number of hydrogen-bond acceptors (Lipinski definition) is 7. The van der Waals surface area contributed by atoms with Crippen molar-refractivity contribution in [3.8, 4) is 0 Å². The Labute approximate surface area is 177 Å². The highest BCUT2D eigenvalue weighted by Gasteiger charge is 2.39. The Morgan fingerprint density at radius 2 is 2.00 bits per heavy atom. The first-order chi connectivity index (χ1) is 13.9. The van der Waals surface area contributed by atoms with Crippen LogP contribution in [-0.2, 0) is 15.4 Å². The Bertz CT molecular complexity index is 1060. The van der Waals surface area contributed by atoms with Crippen molar-refractivity contribution in [1.29, 1.82) is 0 Å². The Hall–Kier alpha value is -2.31. The largest absolute Gasteiger partial charge is 0.438 e. The van der Waals surface area contributed by atoms with Gasteiger partial charge >= 0.3 is 0 Å². The van der Waals surface area contributed by atoms with Gasteiger partial charge in [0.15, 0.2) is 5.76 Å². The summed E-state index contributed by atoms with van der Waals surface area (Å²) < 4.78 is 45.1. The molecule has 0 unspecified atom stereocenters. The van der Waals surface area contributed by atoms with Gasteiger partial charge in [0, 0.05) is 12.0 Å². The molecule has 2 N–H and O–H groups in total. The van der Waals surface area contributed by atoms with E-state index in [4.69, 9.17) is 4.42 Å². The van der Waals surface area contributed by atoms with E-state index in [0.29, 0.717) is 10.6 Å². The summed E-state index contributed by atoms with van der Waals surface area (Å²) in [6.45, 7) is 5.64. The maximum Gasteiger partial charge on any atom is 0.287 e. The Morgan fingerprint density at radius 1 is 1.30 bits per heavy atom. The van der Waals surface area contributed by atoms with Crippen LogP contribution in [0.5, 0.6) is 0 Å². The number of thiazole rings is 1. The zero-order valence-electron chi connectivity index (χ0n) is 16.9. The molecule has 2 aromatic rings. The average molecular weight is 459 g/mol. The molecule has 2 aromatic heterocycles. The van der Waals surface area contributed by atoms with E-state index in [0.717, 1.165) is 6.07 Å². The topological polar surface area (TPSA) is 122 Å². The van der Waals surface area contributed by atoms with Crippen molar-refractivity contribution in [2.75, 3.05) is 20.1 Å². The molecule has 1 fully saturated rings. The first-order valence-electron chi connectivity index (χ1n) is 9.15. The standard InChI is InChI=1S/C18H23FN4O5S2/c1-18(2,3)15-14(29-9-21-15)17(25)23-7-10(19)11(8-23)22-16(24)12-5-6-13(28-12)30(26,27)20-4/h5-6,9-11,20H,7-8H2,1-4H3,(H,22,24)/t10-,11+/m0/s1. The third kappa shape index (κ3) is 4.40. The number of halogens is 1. The summed E-state index contributed by atoms with van der Waals surface area (Å²) in [5, 5.41) is 2.05. The third-order valence-corrected chi connectivity index (χ3v) is 6.76. The molecule has 3 rings (SSSR count). The van der Waals surface area contributed by atoms with Crippen LogP contribution in [0.3, 0.4) is 0 Å². The minimum Gasteiger partial charge on any atom is -0.438 e. The van der Waals surface area contributed by atoms with Gasteiger partial charge in [0.1, 0.15) is 11.0 Å². The molecule has 1 saturated heterocycles. The maximum absolute atomic E-state index is 14.5. The zero-order chi connectivity index (χ0) is 22.3. The molecule has 30 heavy (non-hydrogen) atoms. The summed E-state index contributed by atoms with van der Waals surface area (Å²) in [4.78, 5) is 31.3. The van der Waals surface area contributed by atoms with Gasteiger partial charge in [0.25, 0.3) is 21.8 Å². The quantitative estimate of drug-likeness (QED) is 0.701. The summed E-state index contributed by atoms with van der Waals surface area (Å²) in [5.74, 6) is -1.36. The van der Waals surface area contributed by atoms with Crippen LogP contribution in [-0.4, -0.2) is 62.5 Å². The van der Waals surface area contributed by atoms with Gasteiger partial charge in [-0.2, -0.15) is 0 Å². The van der Waals surface area contributed by atoms with Crippen molar-refractivity contribution >= 4 is 33.2 Å². The van der Waals surface area contributed by atoms with Gasteiger partial charge in [0.05, 0.1) is 23.8 Å². The lowest BCUT2D eigenvalue weighted by atomic mass is 9.91. The highest BCUT2D eigenvalue weighted by Crippen LogP contribution is 2.29. The summed E-state index contributed by atoms with van der Waals surface area (Å²) >= 11 is 1.20. The molecular weight excluding hydrogens is 435 g/mol. The first-order valence-corrected chi connectivity index (χ1v) is 11.5. The fraction of sp³-hybridized carbons (Fsp3) is 0.500. The van der Waals surface area contributed by atoms with Crippen molar-refractivity contribution in [2.24, 2.45) is 0 Å². The Morgan fingerprint density at radius 3 is 2.63 bits per heavy atom. The number of likely N-dealkylation sites (tertiary alicyclic amines) is 1. The molecule has 2 amide bonds. The van der Waals surface area contributed by atoms with E-state index < -0.39 is 33.2 Å². The van der Waals surface area contributed by atoms with Crippen LogP contribution in [0.4, 0.5) is 4.39 Å². The summed E-state index contributed by atoms with van der Waals surface area (Å²) in [6.07, 6.45) is -1.47. The van der Waals surface area contributed by atoms with Gasteiger partial charge in [-0.05, 0) is 19.2 Å². The molecule has 0 saturated carbocycles. The number of alkyl halides is 1. The van der Waals surface area contributed by atoms with Gasteiger partial charge in [-0.1, -0.05) is 20.8 Å². The van der Waals surface area contributed by atoms with E-state index in [1.165, 1.54) is 29.4 Å². The lowest BCUT2D eigenvalue weighted by Gasteiger charge is -2.20. The third-order valence-electron chi connectivity index (χ3n) is 4.66. The van der Waals surface area contributed by atoms with Gasteiger partial charge in [-0.15, -0.1) is 11.3 Å². The van der Waals surface area contributed by atoms with Crippen molar-refractivity contribution in [1.82, 2.24) is 19.9 Å². The average Bonchev–Trinajstić information content (AvgIpc) is 3.40. The van der Waals surface area contributed by atoms with Crippen LogP contribution in [0.1, 0.15) is 46.7 Å². The van der Waals surface area contributed by atoms with Crippen LogP contribution in [0.25, 0.3) is 0 Å². The van der Waals surface area contributed by atoms with E-state index in [1.807, 2.05) is 20.8 Å². The number of hydrogen-bond donors (Lipinski definition) is 2. The highest BCUT2D eigenvalue weighted by atomic mass is 32.2. The molecular formula is C18H23FN4O5S2. The van der Waals surface area contributed by atoms with Crippen LogP contribution >= 0.6 is 11.3 Å². The molecule has 0 aromatic carbocycles. The van der Waals surface area contributed by atoms with E-state index in [2.05, 4.69) is 15.0 Å². The van der Waals surface area contributed by atoms with E-state index in [1.54, 1.807) is 5.51 Å². The number of carbonyl (C=O) groups is 2. The summed E-state index contributed by atoms with van der Waals surface area (Å²) in [7, 11) is -2.63. The van der Waals surface area contributed by atoms with Gasteiger partial charge in [-0.25, -0.2) is 22.5 Å². The van der Waals surface area contributed by atoms with E-state index in [-0.39, 0.29) is 30.2 Å². The van der Waals surface area contributed by atoms with Gasteiger partial charge < -0.3 is 14.6 Å².